The standard InChI is InChI=1S/C20H29N3O2/c1-15-7-5-8-16(21-15)17(24)22-12-10-20(14-22)9-6-11-23(18(20)25)13-19(2,3)4/h5,7-8H,6,9-14H2,1-4H3/t20-/m0/s1. The molecule has 1 aromatic rings. The monoisotopic (exact) mass is 343 g/mol. The number of piperidine rings is 1. The summed E-state index contributed by atoms with van der Waals surface area (Å²) in [5, 5.41) is 0. The Morgan fingerprint density at radius 2 is 2.00 bits per heavy atom. The Morgan fingerprint density at radius 1 is 1.24 bits per heavy atom. The van der Waals surface area contributed by atoms with Gasteiger partial charge in [0.2, 0.25) is 5.91 Å². The lowest BCUT2D eigenvalue weighted by Gasteiger charge is -2.41. The lowest BCUT2D eigenvalue weighted by atomic mass is 9.77. The van der Waals surface area contributed by atoms with Gasteiger partial charge in [0.05, 0.1) is 5.41 Å². The van der Waals surface area contributed by atoms with E-state index in [1.165, 1.54) is 0 Å². The van der Waals surface area contributed by atoms with Crippen LogP contribution < -0.4 is 0 Å². The van der Waals surface area contributed by atoms with Crippen molar-refractivity contribution in [2.45, 2.75) is 47.0 Å². The van der Waals surface area contributed by atoms with Gasteiger partial charge in [-0.15, -0.1) is 0 Å². The smallest absolute Gasteiger partial charge is 0.272 e. The first-order valence-corrected chi connectivity index (χ1v) is 9.23. The molecule has 0 saturated carbocycles. The van der Waals surface area contributed by atoms with Gasteiger partial charge in [-0.25, -0.2) is 4.98 Å². The number of pyridine rings is 1. The summed E-state index contributed by atoms with van der Waals surface area (Å²) in [5.41, 5.74) is 1.02. The van der Waals surface area contributed by atoms with Gasteiger partial charge >= 0.3 is 0 Å². The van der Waals surface area contributed by atoms with Gasteiger partial charge in [0.25, 0.3) is 5.91 Å². The number of aryl methyl sites for hydroxylation is 1. The Labute approximate surface area is 150 Å². The van der Waals surface area contributed by atoms with Crippen LogP contribution in [0.5, 0.6) is 0 Å². The molecule has 0 aliphatic carbocycles. The Morgan fingerprint density at radius 3 is 2.68 bits per heavy atom. The molecule has 3 heterocycles. The number of hydrogen-bond acceptors (Lipinski definition) is 3. The van der Waals surface area contributed by atoms with Crippen molar-refractivity contribution >= 4 is 11.8 Å². The van der Waals surface area contributed by atoms with E-state index in [1.807, 2.05) is 28.9 Å². The molecule has 0 bridgehead atoms. The van der Waals surface area contributed by atoms with Crippen LogP contribution in [0.25, 0.3) is 0 Å². The molecule has 0 radical (unpaired) electrons. The normalized spacial score (nSPS) is 24.2. The van der Waals surface area contributed by atoms with E-state index in [9.17, 15) is 9.59 Å². The molecule has 3 rings (SSSR count). The maximum atomic E-state index is 13.2. The van der Waals surface area contributed by atoms with Gasteiger partial charge in [0.1, 0.15) is 5.69 Å². The summed E-state index contributed by atoms with van der Waals surface area (Å²) in [4.78, 5) is 34.1. The molecule has 1 aromatic heterocycles. The Balaban J connectivity index is 1.74. The van der Waals surface area contributed by atoms with Gasteiger partial charge in [0, 0.05) is 31.9 Å². The fraction of sp³-hybridized carbons (Fsp3) is 0.650. The third-order valence-electron chi connectivity index (χ3n) is 5.24. The minimum absolute atomic E-state index is 0.0543. The number of aromatic nitrogens is 1. The third-order valence-corrected chi connectivity index (χ3v) is 5.24. The Bertz CT molecular complexity index is 680. The maximum absolute atomic E-state index is 13.2. The number of amides is 2. The van der Waals surface area contributed by atoms with Gasteiger partial charge in [-0.1, -0.05) is 26.8 Å². The first-order chi connectivity index (χ1) is 11.7. The molecule has 0 aromatic carbocycles. The van der Waals surface area contributed by atoms with Crippen molar-refractivity contribution in [3.8, 4) is 0 Å². The van der Waals surface area contributed by atoms with Crippen LogP contribution in [-0.2, 0) is 4.79 Å². The first-order valence-electron chi connectivity index (χ1n) is 9.23. The molecule has 2 amide bonds. The molecule has 0 N–H and O–H groups in total. The zero-order valence-electron chi connectivity index (χ0n) is 15.8. The highest BCUT2D eigenvalue weighted by Gasteiger charge is 2.49. The van der Waals surface area contributed by atoms with Crippen LogP contribution in [0.1, 0.15) is 56.2 Å². The number of likely N-dealkylation sites (tertiary alicyclic amines) is 2. The summed E-state index contributed by atoms with van der Waals surface area (Å²) in [6.45, 7) is 11.2. The van der Waals surface area contributed by atoms with E-state index in [0.29, 0.717) is 18.8 Å². The van der Waals surface area contributed by atoms with Gasteiger partial charge in [-0.05, 0) is 43.7 Å². The SMILES string of the molecule is Cc1cccc(C(=O)N2CC[C@@]3(CCCN(CC(C)(C)C)C3=O)C2)n1. The molecule has 2 fully saturated rings. The van der Waals surface area contributed by atoms with Crippen LogP contribution in [0.4, 0.5) is 0 Å². The quantitative estimate of drug-likeness (QED) is 0.830. The summed E-state index contributed by atoms with van der Waals surface area (Å²) in [6.07, 6.45) is 2.67. The van der Waals surface area contributed by atoms with Crippen molar-refractivity contribution in [3.05, 3.63) is 29.6 Å². The van der Waals surface area contributed by atoms with E-state index >= 15 is 0 Å². The van der Waals surface area contributed by atoms with Crippen molar-refractivity contribution < 1.29 is 9.59 Å². The molecule has 2 aliphatic heterocycles. The van der Waals surface area contributed by atoms with Crippen LogP contribution >= 0.6 is 0 Å². The summed E-state index contributed by atoms with van der Waals surface area (Å²) in [5.74, 6) is 0.183. The van der Waals surface area contributed by atoms with Gasteiger partial charge in [-0.3, -0.25) is 9.59 Å². The molecule has 0 unspecified atom stereocenters. The average molecular weight is 343 g/mol. The zero-order chi connectivity index (χ0) is 18.2. The minimum Gasteiger partial charge on any atom is -0.342 e. The van der Waals surface area contributed by atoms with E-state index in [2.05, 4.69) is 25.8 Å². The summed E-state index contributed by atoms with van der Waals surface area (Å²) < 4.78 is 0. The highest BCUT2D eigenvalue weighted by molar-refractivity contribution is 5.94. The second-order valence-electron chi connectivity index (χ2n) is 8.81. The second kappa shape index (κ2) is 6.43. The summed E-state index contributed by atoms with van der Waals surface area (Å²) in [7, 11) is 0. The van der Waals surface area contributed by atoms with Crippen molar-refractivity contribution in [1.29, 1.82) is 0 Å². The maximum Gasteiger partial charge on any atom is 0.272 e. The molecule has 5 heteroatoms. The molecule has 25 heavy (non-hydrogen) atoms. The first kappa shape index (κ1) is 17.9. The summed E-state index contributed by atoms with van der Waals surface area (Å²) >= 11 is 0. The van der Waals surface area contributed by atoms with E-state index in [1.54, 1.807) is 6.07 Å². The van der Waals surface area contributed by atoms with Gasteiger partial charge in [0.15, 0.2) is 0 Å². The number of nitrogens with zero attached hydrogens (tertiary/aromatic N) is 3. The molecular formula is C20H29N3O2. The van der Waals surface area contributed by atoms with Crippen molar-refractivity contribution in [1.82, 2.24) is 14.8 Å². The van der Waals surface area contributed by atoms with Crippen LogP contribution in [0.2, 0.25) is 0 Å². The van der Waals surface area contributed by atoms with Crippen molar-refractivity contribution in [3.63, 3.8) is 0 Å². The molecule has 1 spiro atoms. The zero-order valence-corrected chi connectivity index (χ0v) is 15.8. The molecular weight excluding hydrogens is 314 g/mol. The highest BCUT2D eigenvalue weighted by atomic mass is 16.2. The molecule has 5 nitrogen and oxygen atoms in total. The van der Waals surface area contributed by atoms with Crippen LogP contribution in [0, 0.1) is 17.8 Å². The topological polar surface area (TPSA) is 53.5 Å². The fourth-order valence-electron chi connectivity index (χ4n) is 4.12. The van der Waals surface area contributed by atoms with E-state index in [-0.39, 0.29) is 22.6 Å². The number of carbonyl (C=O) groups is 2. The number of rotatable bonds is 2. The lowest BCUT2D eigenvalue weighted by Crippen LogP contribution is -2.52. The average Bonchev–Trinajstić information content (AvgIpc) is 2.95. The molecule has 136 valence electrons. The van der Waals surface area contributed by atoms with Gasteiger partial charge < -0.3 is 9.80 Å². The predicted octanol–water partition coefficient (Wildman–Crippen LogP) is 2.89. The number of carbonyl (C=O) groups excluding carboxylic acids is 2. The van der Waals surface area contributed by atoms with Crippen LogP contribution in [-0.4, -0.2) is 52.8 Å². The highest BCUT2D eigenvalue weighted by Crippen LogP contribution is 2.41. The lowest BCUT2D eigenvalue weighted by molar-refractivity contribution is -0.147. The number of hydrogen-bond donors (Lipinski definition) is 0. The van der Waals surface area contributed by atoms with Gasteiger partial charge in [-0.2, -0.15) is 0 Å². The largest absolute Gasteiger partial charge is 0.342 e. The molecule has 1 atom stereocenters. The van der Waals surface area contributed by atoms with E-state index in [0.717, 1.165) is 38.0 Å². The summed E-state index contributed by atoms with van der Waals surface area (Å²) in [6, 6.07) is 5.50. The molecule has 2 aliphatic rings. The van der Waals surface area contributed by atoms with E-state index < -0.39 is 0 Å². The van der Waals surface area contributed by atoms with Crippen molar-refractivity contribution in [2.75, 3.05) is 26.2 Å². The second-order valence-corrected chi connectivity index (χ2v) is 8.81. The minimum atomic E-state index is -0.386. The Hall–Kier alpha value is -1.91. The van der Waals surface area contributed by atoms with Crippen LogP contribution in [0.15, 0.2) is 18.2 Å². The molecule has 2 saturated heterocycles. The van der Waals surface area contributed by atoms with Crippen molar-refractivity contribution in [2.24, 2.45) is 10.8 Å². The third kappa shape index (κ3) is 3.70. The Kier molecular flexibility index (Phi) is 4.60. The van der Waals surface area contributed by atoms with E-state index in [4.69, 9.17) is 0 Å². The predicted molar refractivity (Wildman–Crippen MR) is 97.2 cm³/mol. The van der Waals surface area contributed by atoms with Crippen LogP contribution in [0.3, 0.4) is 0 Å². The fourth-order valence-corrected chi connectivity index (χ4v) is 4.12.